The van der Waals surface area contributed by atoms with Gasteiger partial charge in [0.25, 0.3) is 0 Å². The van der Waals surface area contributed by atoms with Gasteiger partial charge >= 0.3 is 0 Å². The van der Waals surface area contributed by atoms with Crippen LogP contribution in [0.4, 0.5) is 0 Å². The summed E-state index contributed by atoms with van der Waals surface area (Å²) in [4.78, 5) is 0. The molecule has 1 aromatic carbocycles. The van der Waals surface area contributed by atoms with E-state index >= 15 is 0 Å². The van der Waals surface area contributed by atoms with Crippen molar-refractivity contribution in [2.75, 3.05) is 12.9 Å². The minimum atomic E-state index is -0.568. The van der Waals surface area contributed by atoms with Crippen molar-refractivity contribution in [3.8, 4) is 0 Å². The Hall–Kier alpha value is 0.0600. The number of ether oxygens (including phenoxy) is 1. The fourth-order valence-corrected chi connectivity index (χ4v) is 6.30. The van der Waals surface area contributed by atoms with Crippen molar-refractivity contribution in [3.05, 3.63) is 46.2 Å². The van der Waals surface area contributed by atoms with Crippen molar-refractivity contribution in [1.29, 1.82) is 0 Å². The van der Waals surface area contributed by atoms with Gasteiger partial charge in [0, 0.05) is 7.11 Å². The molecule has 2 rings (SSSR count). The van der Waals surface area contributed by atoms with Crippen molar-refractivity contribution < 1.29 is 4.74 Å². The van der Waals surface area contributed by atoms with Gasteiger partial charge in [-0.1, -0.05) is 55.9 Å². The lowest BCUT2D eigenvalue weighted by Gasteiger charge is -2.33. The SMILES string of the molecule is CCCCSC1=CC(OC)(c2ccccc2)C(=S)SS1. The van der Waals surface area contributed by atoms with Crippen LogP contribution in [-0.4, -0.2) is 17.1 Å². The molecule has 0 spiro atoms. The third-order valence-corrected chi connectivity index (χ3v) is 7.88. The maximum Gasteiger partial charge on any atom is 0.155 e. The van der Waals surface area contributed by atoms with Crippen LogP contribution in [0.25, 0.3) is 0 Å². The van der Waals surface area contributed by atoms with Crippen LogP contribution in [0, 0.1) is 0 Å². The van der Waals surface area contributed by atoms with E-state index in [1.807, 2.05) is 30.0 Å². The largest absolute Gasteiger partial charge is 0.363 e. The summed E-state index contributed by atoms with van der Waals surface area (Å²) in [5.41, 5.74) is 0.537. The number of methoxy groups -OCH3 is 1. The Labute approximate surface area is 138 Å². The summed E-state index contributed by atoms with van der Waals surface area (Å²) in [6.45, 7) is 2.22. The molecule has 0 saturated carbocycles. The molecular weight excluding hydrogens is 324 g/mol. The molecule has 0 fully saturated rings. The summed E-state index contributed by atoms with van der Waals surface area (Å²) in [5.74, 6) is 1.15. The Morgan fingerprint density at radius 2 is 2.00 bits per heavy atom. The topological polar surface area (TPSA) is 9.23 Å². The van der Waals surface area contributed by atoms with Crippen LogP contribution in [0.2, 0.25) is 0 Å². The first kappa shape index (κ1) is 16.4. The minimum Gasteiger partial charge on any atom is -0.363 e. The Morgan fingerprint density at radius 3 is 2.65 bits per heavy atom. The van der Waals surface area contributed by atoms with Gasteiger partial charge in [-0.2, -0.15) is 0 Å². The van der Waals surface area contributed by atoms with Crippen LogP contribution < -0.4 is 0 Å². The standard InChI is InChI=1S/C15H18OS4/c1-3-4-10-18-13-11-15(16-2,14(17)20-19-13)12-8-6-5-7-9-12/h5-9,11H,3-4,10H2,1-2H3. The Balaban J connectivity index is 2.29. The summed E-state index contributed by atoms with van der Waals surface area (Å²) in [6, 6.07) is 10.2. The summed E-state index contributed by atoms with van der Waals surface area (Å²) < 4.78 is 8.01. The Kier molecular flexibility index (Phi) is 6.49. The van der Waals surface area contributed by atoms with Crippen LogP contribution in [0.5, 0.6) is 0 Å². The van der Waals surface area contributed by atoms with Crippen LogP contribution >= 0.6 is 45.6 Å². The monoisotopic (exact) mass is 342 g/mol. The maximum atomic E-state index is 5.85. The van der Waals surface area contributed by atoms with Crippen LogP contribution in [0.3, 0.4) is 0 Å². The second-order valence-electron chi connectivity index (χ2n) is 4.43. The van der Waals surface area contributed by atoms with Gasteiger partial charge in [-0.15, -0.1) is 11.8 Å². The molecule has 0 radical (unpaired) electrons. The average molecular weight is 343 g/mol. The molecule has 1 unspecified atom stereocenters. The number of benzene rings is 1. The van der Waals surface area contributed by atoms with Gasteiger partial charge in [-0.05, 0) is 45.4 Å². The highest BCUT2D eigenvalue weighted by molar-refractivity contribution is 8.86. The van der Waals surface area contributed by atoms with E-state index in [0.717, 1.165) is 15.5 Å². The van der Waals surface area contributed by atoms with E-state index in [2.05, 4.69) is 25.1 Å². The quantitative estimate of drug-likeness (QED) is 0.375. The summed E-state index contributed by atoms with van der Waals surface area (Å²) >= 11 is 7.47. The van der Waals surface area contributed by atoms with Crippen molar-refractivity contribution in [3.63, 3.8) is 0 Å². The molecule has 108 valence electrons. The smallest absolute Gasteiger partial charge is 0.155 e. The lowest BCUT2D eigenvalue weighted by atomic mass is 9.95. The molecule has 0 bridgehead atoms. The Morgan fingerprint density at radius 1 is 1.25 bits per heavy atom. The van der Waals surface area contributed by atoms with E-state index in [-0.39, 0.29) is 0 Å². The molecule has 0 aromatic heterocycles. The second kappa shape index (κ2) is 7.90. The lowest BCUT2D eigenvalue weighted by molar-refractivity contribution is 0.0947. The number of thioether (sulfide) groups is 1. The highest BCUT2D eigenvalue weighted by Gasteiger charge is 2.39. The van der Waals surface area contributed by atoms with E-state index in [4.69, 9.17) is 17.0 Å². The van der Waals surface area contributed by atoms with E-state index < -0.39 is 5.60 Å². The third-order valence-electron chi connectivity index (χ3n) is 3.09. The number of rotatable bonds is 6. The number of unbranched alkanes of at least 4 members (excludes halogenated alkanes) is 1. The van der Waals surface area contributed by atoms with Gasteiger partial charge in [0.05, 0.1) is 8.43 Å². The zero-order chi connectivity index (χ0) is 14.4. The number of hydrogen-bond acceptors (Lipinski definition) is 5. The van der Waals surface area contributed by atoms with Crippen molar-refractivity contribution >= 4 is 49.8 Å². The molecule has 1 aliphatic rings. The fourth-order valence-electron chi connectivity index (χ4n) is 1.92. The average Bonchev–Trinajstić information content (AvgIpc) is 2.50. The number of thiocarbonyl (C=S) groups is 1. The zero-order valence-corrected chi connectivity index (χ0v) is 14.9. The molecule has 0 saturated heterocycles. The zero-order valence-electron chi connectivity index (χ0n) is 11.6. The summed E-state index contributed by atoms with van der Waals surface area (Å²) in [6.07, 6.45) is 4.65. The van der Waals surface area contributed by atoms with Crippen LogP contribution in [0.15, 0.2) is 40.6 Å². The molecule has 20 heavy (non-hydrogen) atoms. The molecule has 1 aliphatic heterocycles. The predicted octanol–water partition coefficient (Wildman–Crippen LogP) is 5.63. The first-order valence-electron chi connectivity index (χ1n) is 6.58. The van der Waals surface area contributed by atoms with Crippen LogP contribution in [0.1, 0.15) is 25.3 Å². The summed E-state index contributed by atoms with van der Waals surface area (Å²) in [7, 11) is 5.13. The molecule has 1 nitrogen and oxygen atoms in total. The number of hydrogen-bond donors (Lipinski definition) is 0. The van der Waals surface area contributed by atoms with Gasteiger partial charge in [0.1, 0.15) is 0 Å². The lowest BCUT2D eigenvalue weighted by Crippen LogP contribution is -2.34. The van der Waals surface area contributed by atoms with Crippen molar-refractivity contribution in [2.45, 2.75) is 25.4 Å². The first-order valence-corrected chi connectivity index (χ1v) is 10.1. The van der Waals surface area contributed by atoms with Crippen molar-refractivity contribution in [1.82, 2.24) is 0 Å². The summed E-state index contributed by atoms with van der Waals surface area (Å²) in [5, 5.41) is 0. The molecule has 1 aromatic rings. The predicted molar refractivity (Wildman–Crippen MR) is 98.4 cm³/mol. The fraction of sp³-hybridized carbons (Fsp3) is 0.400. The molecular formula is C15H18OS4. The highest BCUT2D eigenvalue weighted by atomic mass is 33.1. The maximum absolute atomic E-state index is 5.85. The molecule has 1 heterocycles. The highest BCUT2D eigenvalue weighted by Crippen LogP contribution is 2.51. The normalized spacial score (nSPS) is 22.7. The molecule has 0 aliphatic carbocycles. The molecule has 0 N–H and O–H groups in total. The third kappa shape index (κ3) is 3.63. The minimum absolute atomic E-state index is 0.568. The van der Waals surface area contributed by atoms with Crippen molar-refractivity contribution in [2.24, 2.45) is 0 Å². The van der Waals surface area contributed by atoms with Gasteiger partial charge in [0.2, 0.25) is 0 Å². The Bertz CT molecular complexity index is 486. The van der Waals surface area contributed by atoms with E-state index in [0.29, 0.717) is 0 Å². The van der Waals surface area contributed by atoms with E-state index in [1.54, 1.807) is 28.7 Å². The van der Waals surface area contributed by atoms with Gasteiger partial charge < -0.3 is 4.74 Å². The molecule has 1 atom stereocenters. The second-order valence-corrected chi connectivity index (χ2v) is 8.67. The van der Waals surface area contributed by atoms with Crippen LogP contribution in [-0.2, 0) is 10.3 Å². The van der Waals surface area contributed by atoms with Gasteiger partial charge in [0.15, 0.2) is 5.60 Å². The van der Waals surface area contributed by atoms with E-state index in [9.17, 15) is 0 Å². The first-order chi connectivity index (χ1) is 9.73. The molecule has 0 amide bonds. The van der Waals surface area contributed by atoms with E-state index in [1.165, 1.54) is 17.1 Å². The van der Waals surface area contributed by atoms with Gasteiger partial charge in [-0.3, -0.25) is 0 Å². The molecule has 5 heteroatoms. The van der Waals surface area contributed by atoms with Gasteiger partial charge in [-0.25, -0.2) is 0 Å².